The normalized spacial score (nSPS) is 28.2. The van der Waals surface area contributed by atoms with Gasteiger partial charge in [0.15, 0.2) is 0 Å². The van der Waals surface area contributed by atoms with E-state index < -0.39 is 35.7 Å². The molecule has 24 heavy (non-hydrogen) atoms. The Hall–Kier alpha value is -1.75. The average molecular weight is 357 g/mol. The van der Waals surface area contributed by atoms with Crippen LogP contribution in [0.1, 0.15) is 19.4 Å². The van der Waals surface area contributed by atoms with Crippen LogP contribution in [0, 0.1) is 0 Å². The highest BCUT2D eigenvalue weighted by atomic mass is 19.4. The van der Waals surface area contributed by atoms with Gasteiger partial charge in [-0.2, -0.15) is 27.6 Å². The number of hydrogen-bond donors (Lipinski definition) is 0. The van der Waals surface area contributed by atoms with Crippen molar-refractivity contribution in [3.63, 3.8) is 0 Å². The van der Waals surface area contributed by atoms with Gasteiger partial charge < -0.3 is 9.47 Å². The van der Waals surface area contributed by atoms with E-state index in [0.717, 1.165) is 7.05 Å². The van der Waals surface area contributed by atoms with Crippen LogP contribution in [0.3, 0.4) is 0 Å². The van der Waals surface area contributed by atoms with Crippen molar-refractivity contribution in [1.82, 2.24) is 15.0 Å². The van der Waals surface area contributed by atoms with Crippen LogP contribution < -0.4 is 9.47 Å². The molecule has 1 aromatic rings. The summed E-state index contributed by atoms with van der Waals surface area (Å²) in [5.74, 6) is -5.14. The van der Waals surface area contributed by atoms with Crippen LogP contribution in [0.4, 0.5) is 22.0 Å². The Bertz CT molecular complexity index is 603. The van der Waals surface area contributed by atoms with Crippen molar-refractivity contribution in [2.24, 2.45) is 0 Å². The summed E-state index contributed by atoms with van der Waals surface area (Å²) in [6, 6.07) is -0.225. The van der Waals surface area contributed by atoms with Gasteiger partial charge in [-0.25, -0.2) is 14.2 Å². The minimum atomic E-state index is -5.63. The zero-order valence-corrected chi connectivity index (χ0v) is 13.2. The third-order valence-electron chi connectivity index (χ3n) is 3.31. The van der Waals surface area contributed by atoms with E-state index in [1.54, 1.807) is 6.92 Å². The van der Waals surface area contributed by atoms with Gasteiger partial charge in [0.2, 0.25) is 11.5 Å². The van der Waals surface area contributed by atoms with Crippen LogP contribution in [-0.4, -0.2) is 53.9 Å². The maximum atomic E-state index is 15.3. The zero-order chi connectivity index (χ0) is 18.2. The minimum Gasteiger partial charge on any atom is -0.478 e. The predicted molar refractivity (Wildman–Crippen MR) is 70.8 cm³/mol. The monoisotopic (exact) mass is 357 g/mol. The standard InChI is InChI=1S/C13H16F5N3O3/c1-4-22-9-8(6-19-10(20-9)23-5-2)11(14)7-21(3)24-12(11,15)13(16,17)18/h6H,4-5,7H2,1-3H3/t11-,12-/m0/s1. The largest absolute Gasteiger partial charge is 0.478 e. The molecule has 0 bridgehead atoms. The van der Waals surface area contributed by atoms with E-state index in [1.165, 1.54) is 6.92 Å². The maximum absolute atomic E-state index is 15.3. The lowest BCUT2D eigenvalue weighted by atomic mass is 9.89. The second-order valence-electron chi connectivity index (χ2n) is 5.01. The van der Waals surface area contributed by atoms with E-state index in [4.69, 9.17) is 9.47 Å². The van der Waals surface area contributed by atoms with Gasteiger partial charge in [0.05, 0.1) is 25.3 Å². The molecule has 6 nitrogen and oxygen atoms in total. The lowest BCUT2D eigenvalue weighted by Crippen LogP contribution is -2.54. The van der Waals surface area contributed by atoms with Crippen molar-refractivity contribution in [2.75, 3.05) is 26.8 Å². The fourth-order valence-corrected chi connectivity index (χ4v) is 2.33. The number of aromatic nitrogens is 2. The quantitative estimate of drug-likeness (QED) is 0.755. The van der Waals surface area contributed by atoms with Gasteiger partial charge in [-0.15, -0.1) is 0 Å². The first kappa shape index (κ1) is 18.6. The second kappa shape index (κ2) is 6.28. The Morgan fingerprint density at radius 2 is 1.88 bits per heavy atom. The minimum absolute atomic E-state index is 0.0341. The Labute approximate surface area is 134 Å². The number of rotatable bonds is 5. The van der Waals surface area contributed by atoms with Gasteiger partial charge in [0.25, 0.3) is 0 Å². The topological polar surface area (TPSA) is 56.7 Å². The van der Waals surface area contributed by atoms with Gasteiger partial charge in [0.1, 0.15) is 0 Å². The van der Waals surface area contributed by atoms with Gasteiger partial charge >= 0.3 is 18.0 Å². The van der Waals surface area contributed by atoms with E-state index in [-0.39, 0.29) is 19.2 Å². The molecular formula is C13H16F5N3O3. The molecule has 2 atom stereocenters. The third kappa shape index (κ3) is 2.86. The van der Waals surface area contributed by atoms with Crippen molar-refractivity contribution in [1.29, 1.82) is 0 Å². The molecule has 0 radical (unpaired) electrons. The van der Waals surface area contributed by atoms with E-state index in [9.17, 15) is 17.6 Å². The van der Waals surface area contributed by atoms with Crippen LogP contribution in [0.25, 0.3) is 0 Å². The molecule has 1 aliphatic rings. The second-order valence-corrected chi connectivity index (χ2v) is 5.01. The third-order valence-corrected chi connectivity index (χ3v) is 3.31. The van der Waals surface area contributed by atoms with Gasteiger partial charge in [0, 0.05) is 13.2 Å². The van der Waals surface area contributed by atoms with Crippen molar-refractivity contribution >= 4 is 0 Å². The predicted octanol–water partition coefficient (Wildman–Crippen LogP) is 2.54. The fourth-order valence-electron chi connectivity index (χ4n) is 2.33. The summed E-state index contributed by atoms with van der Waals surface area (Å²) in [4.78, 5) is 11.4. The first-order valence-electron chi connectivity index (χ1n) is 7.07. The molecule has 11 heteroatoms. The van der Waals surface area contributed by atoms with Crippen molar-refractivity contribution in [3.8, 4) is 11.9 Å². The molecule has 1 aliphatic heterocycles. The summed E-state index contributed by atoms with van der Waals surface area (Å²) in [6.45, 7) is 2.26. The lowest BCUT2D eigenvalue weighted by Gasteiger charge is -2.32. The molecular weight excluding hydrogens is 341 g/mol. The van der Waals surface area contributed by atoms with Crippen LogP contribution in [-0.2, 0) is 10.5 Å². The van der Waals surface area contributed by atoms with E-state index in [1.807, 2.05) is 0 Å². The maximum Gasteiger partial charge on any atom is 0.453 e. The molecule has 0 saturated carbocycles. The van der Waals surface area contributed by atoms with Crippen molar-refractivity contribution < 1.29 is 36.3 Å². The number of alkyl halides is 5. The summed E-state index contributed by atoms with van der Waals surface area (Å²) < 4.78 is 79.3. The molecule has 0 aliphatic carbocycles. The number of hydroxylamine groups is 2. The molecule has 0 spiro atoms. The number of hydrogen-bond acceptors (Lipinski definition) is 6. The highest BCUT2D eigenvalue weighted by molar-refractivity contribution is 5.35. The van der Waals surface area contributed by atoms with Crippen LogP contribution in [0.5, 0.6) is 11.9 Å². The summed E-state index contributed by atoms with van der Waals surface area (Å²) in [5.41, 5.74) is -4.42. The number of halogens is 5. The fraction of sp³-hybridized carbons (Fsp3) is 0.692. The molecule has 0 aromatic carbocycles. The molecule has 0 unspecified atom stereocenters. The van der Waals surface area contributed by atoms with Crippen LogP contribution >= 0.6 is 0 Å². The molecule has 1 fully saturated rings. The van der Waals surface area contributed by atoms with Gasteiger partial charge in [-0.3, -0.25) is 0 Å². The average Bonchev–Trinajstić information content (AvgIpc) is 2.70. The molecule has 136 valence electrons. The Morgan fingerprint density at radius 1 is 1.25 bits per heavy atom. The van der Waals surface area contributed by atoms with Gasteiger partial charge in [-0.05, 0) is 13.8 Å². The number of nitrogens with zero attached hydrogens (tertiary/aromatic N) is 3. The summed E-state index contributed by atoms with van der Waals surface area (Å²) in [7, 11) is 0.983. The van der Waals surface area contributed by atoms with Crippen LogP contribution in [0.15, 0.2) is 6.20 Å². The van der Waals surface area contributed by atoms with E-state index in [2.05, 4.69) is 14.8 Å². The van der Waals surface area contributed by atoms with E-state index >= 15 is 4.39 Å². The molecule has 2 rings (SSSR count). The van der Waals surface area contributed by atoms with Crippen molar-refractivity contribution in [2.45, 2.75) is 31.5 Å². The Morgan fingerprint density at radius 3 is 2.42 bits per heavy atom. The molecule has 0 amide bonds. The highest BCUT2D eigenvalue weighted by Gasteiger charge is 2.77. The lowest BCUT2D eigenvalue weighted by molar-refractivity contribution is -0.387. The molecule has 1 aromatic heterocycles. The molecule has 2 heterocycles. The first-order chi connectivity index (χ1) is 11.1. The van der Waals surface area contributed by atoms with E-state index in [0.29, 0.717) is 11.3 Å². The Kier molecular flexibility index (Phi) is 4.86. The number of likely N-dealkylation sites (N-methyl/N-ethyl adjacent to an activating group) is 1. The summed E-state index contributed by atoms with van der Waals surface area (Å²) >= 11 is 0. The smallest absolute Gasteiger partial charge is 0.453 e. The van der Waals surface area contributed by atoms with Crippen molar-refractivity contribution in [3.05, 3.63) is 11.8 Å². The SMILES string of the molecule is CCOc1ncc([C@@]2(F)CN(C)O[C@]2(F)C(F)(F)F)c(OCC)n1. The summed E-state index contributed by atoms with van der Waals surface area (Å²) in [6.07, 6.45) is -4.92. The first-order valence-corrected chi connectivity index (χ1v) is 7.07. The van der Waals surface area contributed by atoms with Gasteiger partial charge in [-0.1, -0.05) is 0 Å². The summed E-state index contributed by atoms with van der Waals surface area (Å²) in [5, 5.41) is 0.430. The highest BCUT2D eigenvalue weighted by Crippen LogP contribution is 2.56. The van der Waals surface area contributed by atoms with Crippen LogP contribution in [0.2, 0.25) is 0 Å². The molecule has 0 N–H and O–H groups in total. The number of ether oxygens (including phenoxy) is 2. The molecule has 1 saturated heterocycles. The Balaban J connectivity index is 2.59. The zero-order valence-electron chi connectivity index (χ0n) is 13.2.